The lowest BCUT2D eigenvalue weighted by atomic mass is 10.1. The summed E-state index contributed by atoms with van der Waals surface area (Å²) in [5.41, 5.74) is 1.23. The number of furan rings is 1. The fourth-order valence-corrected chi connectivity index (χ4v) is 2.08. The maximum atomic E-state index is 5.71. The third-order valence-electron chi connectivity index (χ3n) is 3.01. The van der Waals surface area contributed by atoms with E-state index in [1.165, 1.54) is 5.56 Å². The summed E-state index contributed by atoms with van der Waals surface area (Å²) in [5, 5.41) is 7.76. The van der Waals surface area contributed by atoms with Crippen LogP contribution < -0.4 is 5.32 Å². The summed E-state index contributed by atoms with van der Waals surface area (Å²) < 4.78 is 7.66. The van der Waals surface area contributed by atoms with Gasteiger partial charge in [0.25, 0.3) is 0 Å². The quantitative estimate of drug-likeness (QED) is 0.853. The van der Waals surface area contributed by atoms with Gasteiger partial charge < -0.3 is 9.73 Å². The second kappa shape index (κ2) is 5.87. The first-order valence-corrected chi connectivity index (χ1v) is 6.54. The fourth-order valence-electron chi connectivity index (χ4n) is 2.08. The maximum absolute atomic E-state index is 5.71. The molecule has 1 unspecified atom stereocenters. The van der Waals surface area contributed by atoms with E-state index in [1.54, 1.807) is 0 Å². The first-order valence-electron chi connectivity index (χ1n) is 6.54. The molecular formula is C14H21N3O. The van der Waals surface area contributed by atoms with Crippen molar-refractivity contribution in [2.75, 3.05) is 6.54 Å². The van der Waals surface area contributed by atoms with Gasteiger partial charge in [-0.25, -0.2) is 0 Å². The molecule has 0 aromatic carbocycles. The van der Waals surface area contributed by atoms with Crippen molar-refractivity contribution in [1.29, 1.82) is 0 Å². The van der Waals surface area contributed by atoms with Crippen LogP contribution in [0.2, 0.25) is 0 Å². The molecule has 0 fully saturated rings. The topological polar surface area (TPSA) is 43.0 Å². The summed E-state index contributed by atoms with van der Waals surface area (Å²) in [6.07, 6.45) is 4.94. The standard InChI is InChI=1S/C14H21N3O/c1-4-15-13(14-7-6-11(3)18-14)8-12-9-16-17(5-2)10-12/h6-7,9-10,13,15H,4-5,8H2,1-3H3. The van der Waals surface area contributed by atoms with Gasteiger partial charge in [0.1, 0.15) is 11.5 Å². The Morgan fingerprint density at radius 3 is 2.78 bits per heavy atom. The van der Waals surface area contributed by atoms with Gasteiger partial charge in [-0.3, -0.25) is 4.68 Å². The lowest BCUT2D eigenvalue weighted by Gasteiger charge is -2.14. The summed E-state index contributed by atoms with van der Waals surface area (Å²) in [6.45, 7) is 8.01. The van der Waals surface area contributed by atoms with E-state index in [4.69, 9.17) is 4.42 Å². The summed E-state index contributed by atoms with van der Waals surface area (Å²) in [4.78, 5) is 0. The Morgan fingerprint density at radius 2 is 2.22 bits per heavy atom. The van der Waals surface area contributed by atoms with E-state index in [9.17, 15) is 0 Å². The number of nitrogens with one attached hydrogen (secondary N) is 1. The van der Waals surface area contributed by atoms with Gasteiger partial charge in [-0.1, -0.05) is 6.92 Å². The van der Waals surface area contributed by atoms with Crippen LogP contribution in [0.25, 0.3) is 0 Å². The van der Waals surface area contributed by atoms with E-state index < -0.39 is 0 Å². The Labute approximate surface area is 108 Å². The molecule has 0 spiro atoms. The van der Waals surface area contributed by atoms with Gasteiger partial charge in [-0.15, -0.1) is 0 Å². The second-order valence-corrected chi connectivity index (χ2v) is 4.47. The molecular weight excluding hydrogens is 226 g/mol. The maximum Gasteiger partial charge on any atom is 0.121 e. The first-order chi connectivity index (χ1) is 8.72. The molecule has 0 aliphatic heterocycles. The van der Waals surface area contributed by atoms with Gasteiger partial charge in [0.05, 0.1) is 12.2 Å². The fraction of sp³-hybridized carbons (Fsp3) is 0.500. The molecule has 0 amide bonds. The van der Waals surface area contributed by atoms with Crippen molar-refractivity contribution in [3.8, 4) is 0 Å². The Morgan fingerprint density at radius 1 is 1.39 bits per heavy atom. The number of likely N-dealkylation sites (N-methyl/N-ethyl adjacent to an activating group) is 1. The van der Waals surface area contributed by atoms with Crippen LogP contribution >= 0.6 is 0 Å². The van der Waals surface area contributed by atoms with Crippen LogP contribution in [0.5, 0.6) is 0 Å². The van der Waals surface area contributed by atoms with Crippen molar-refractivity contribution in [3.63, 3.8) is 0 Å². The zero-order valence-corrected chi connectivity index (χ0v) is 11.3. The van der Waals surface area contributed by atoms with Gasteiger partial charge in [-0.2, -0.15) is 5.10 Å². The predicted octanol–water partition coefficient (Wildman–Crippen LogP) is 2.70. The zero-order valence-electron chi connectivity index (χ0n) is 11.3. The van der Waals surface area contributed by atoms with E-state index in [1.807, 2.05) is 29.9 Å². The van der Waals surface area contributed by atoms with Crippen LogP contribution in [0, 0.1) is 6.92 Å². The molecule has 0 saturated heterocycles. The number of rotatable bonds is 6. The third-order valence-corrected chi connectivity index (χ3v) is 3.01. The molecule has 2 rings (SSSR count). The first kappa shape index (κ1) is 12.9. The number of aryl methyl sites for hydroxylation is 2. The molecule has 0 saturated carbocycles. The minimum absolute atomic E-state index is 0.221. The van der Waals surface area contributed by atoms with E-state index in [-0.39, 0.29) is 6.04 Å². The number of hydrogen-bond acceptors (Lipinski definition) is 3. The van der Waals surface area contributed by atoms with Crippen LogP contribution in [0.4, 0.5) is 0 Å². The summed E-state index contributed by atoms with van der Waals surface area (Å²) in [7, 11) is 0. The third kappa shape index (κ3) is 3.01. The normalized spacial score (nSPS) is 12.8. The Hall–Kier alpha value is -1.55. The van der Waals surface area contributed by atoms with Gasteiger partial charge in [0.2, 0.25) is 0 Å². The molecule has 1 N–H and O–H groups in total. The highest BCUT2D eigenvalue weighted by atomic mass is 16.3. The highest BCUT2D eigenvalue weighted by Crippen LogP contribution is 2.20. The van der Waals surface area contributed by atoms with Crippen LogP contribution in [0.3, 0.4) is 0 Å². The molecule has 0 radical (unpaired) electrons. The molecule has 2 heterocycles. The minimum atomic E-state index is 0.221. The second-order valence-electron chi connectivity index (χ2n) is 4.47. The molecule has 98 valence electrons. The Bertz CT molecular complexity index is 487. The van der Waals surface area contributed by atoms with E-state index >= 15 is 0 Å². The van der Waals surface area contributed by atoms with E-state index in [0.29, 0.717) is 0 Å². The smallest absolute Gasteiger partial charge is 0.121 e. The van der Waals surface area contributed by atoms with Crippen molar-refractivity contribution in [2.45, 2.75) is 39.8 Å². The molecule has 0 aliphatic carbocycles. The van der Waals surface area contributed by atoms with E-state index in [0.717, 1.165) is 31.0 Å². The Balaban J connectivity index is 2.10. The van der Waals surface area contributed by atoms with Gasteiger partial charge in [-0.05, 0) is 44.5 Å². The van der Waals surface area contributed by atoms with E-state index in [2.05, 4.69) is 30.5 Å². The summed E-state index contributed by atoms with van der Waals surface area (Å²) >= 11 is 0. The summed E-state index contributed by atoms with van der Waals surface area (Å²) in [6, 6.07) is 4.28. The van der Waals surface area contributed by atoms with Crippen molar-refractivity contribution in [2.24, 2.45) is 0 Å². The van der Waals surface area contributed by atoms with Crippen molar-refractivity contribution < 1.29 is 4.42 Å². The van der Waals surface area contributed by atoms with Gasteiger partial charge in [0.15, 0.2) is 0 Å². The predicted molar refractivity (Wildman–Crippen MR) is 71.5 cm³/mol. The average Bonchev–Trinajstić information content (AvgIpc) is 2.97. The van der Waals surface area contributed by atoms with Gasteiger partial charge in [0, 0.05) is 12.7 Å². The SMILES string of the molecule is CCNC(Cc1cnn(CC)c1)c1ccc(C)o1. The largest absolute Gasteiger partial charge is 0.465 e. The average molecular weight is 247 g/mol. The van der Waals surface area contributed by atoms with Crippen molar-refractivity contribution in [1.82, 2.24) is 15.1 Å². The zero-order chi connectivity index (χ0) is 13.0. The molecule has 4 nitrogen and oxygen atoms in total. The van der Waals surface area contributed by atoms with Crippen LogP contribution in [-0.4, -0.2) is 16.3 Å². The number of nitrogens with zero attached hydrogens (tertiary/aromatic N) is 2. The van der Waals surface area contributed by atoms with Crippen molar-refractivity contribution >= 4 is 0 Å². The van der Waals surface area contributed by atoms with Crippen LogP contribution in [0.15, 0.2) is 28.9 Å². The molecule has 0 bridgehead atoms. The van der Waals surface area contributed by atoms with Crippen LogP contribution in [-0.2, 0) is 13.0 Å². The van der Waals surface area contributed by atoms with Crippen LogP contribution in [0.1, 0.15) is 37.0 Å². The number of aromatic nitrogens is 2. The minimum Gasteiger partial charge on any atom is -0.465 e. The Kier molecular flexibility index (Phi) is 4.20. The molecule has 0 aliphatic rings. The molecule has 2 aromatic heterocycles. The van der Waals surface area contributed by atoms with Crippen molar-refractivity contribution in [3.05, 3.63) is 41.6 Å². The van der Waals surface area contributed by atoms with Gasteiger partial charge >= 0.3 is 0 Å². The molecule has 2 aromatic rings. The molecule has 4 heteroatoms. The highest BCUT2D eigenvalue weighted by molar-refractivity contribution is 5.15. The summed E-state index contributed by atoms with van der Waals surface area (Å²) in [5.74, 6) is 1.95. The lowest BCUT2D eigenvalue weighted by Crippen LogP contribution is -2.22. The monoisotopic (exact) mass is 247 g/mol. The lowest BCUT2D eigenvalue weighted by molar-refractivity contribution is 0.403. The highest BCUT2D eigenvalue weighted by Gasteiger charge is 2.15. The molecule has 1 atom stereocenters. The number of hydrogen-bond donors (Lipinski definition) is 1. The molecule has 18 heavy (non-hydrogen) atoms.